The molecule has 0 unspecified atom stereocenters. The van der Waals surface area contributed by atoms with Crippen LogP contribution in [0.5, 0.6) is 0 Å². The Morgan fingerprint density at radius 2 is 1.58 bits per heavy atom. The number of nitrogens with one attached hydrogen (secondary N) is 1. The summed E-state index contributed by atoms with van der Waals surface area (Å²) in [5, 5.41) is 2.97. The molecule has 7 nitrogen and oxygen atoms in total. The Hall–Kier alpha value is -2.14. The van der Waals surface area contributed by atoms with E-state index >= 15 is 0 Å². The Morgan fingerprint density at radius 1 is 1.00 bits per heavy atom. The van der Waals surface area contributed by atoms with Crippen molar-refractivity contribution in [3.8, 4) is 0 Å². The van der Waals surface area contributed by atoms with Crippen molar-refractivity contribution in [1.82, 2.24) is 14.5 Å². The van der Waals surface area contributed by atoms with Gasteiger partial charge >= 0.3 is 6.18 Å². The van der Waals surface area contributed by atoms with Crippen LogP contribution in [-0.2, 0) is 25.8 Å². The fraction of sp³-hybridized carbons (Fsp3) is 0.600. The van der Waals surface area contributed by atoms with E-state index in [4.69, 9.17) is 0 Å². The number of nitrogens with zero attached hydrogens (tertiary/aromatic N) is 2. The number of piperidine rings is 2. The molecule has 2 aliphatic rings. The van der Waals surface area contributed by atoms with Gasteiger partial charge in [-0.2, -0.15) is 17.5 Å². The highest BCUT2D eigenvalue weighted by Gasteiger charge is 2.40. The number of amides is 2. The number of carbonyl (C=O) groups excluding carboxylic acids is 2. The van der Waals surface area contributed by atoms with Crippen molar-refractivity contribution >= 4 is 21.8 Å². The van der Waals surface area contributed by atoms with Gasteiger partial charge in [-0.25, -0.2) is 8.42 Å². The average Bonchev–Trinajstić information content (AvgIpc) is 2.73. The van der Waals surface area contributed by atoms with Crippen LogP contribution in [0.3, 0.4) is 0 Å². The largest absolute Gasteiger partial charge is 0.417 e. The summed E-state index contributed by atoms with van der Waals surface area (Å²) >= 11 is 0. The molecule has 0 aromatic heterocycles. The lowest BCUT2D eigenvalue weighted by molar-refractivity contribution is -0.140. The highest BCUT2D eigenvalue weighted by atomic mass is 32.2. The number of benzene rings is 1. The molecule has 0 aliphatic carbocycles. The van der Waals surface area contributed by atoms with Crippen molar-refractivity contribution < 1.29 is 31.2 Å². The molecule has 1 aromatic rings. The second-order valence-electron chi connectivity index (χ2n) is 7.96. The van der Waals surface area contributed by atoms with E-state index in [-0.39, 0.29) is 43.8 Å². The van der Waals surface area contributed by atoms with Gasteiger partial charge in [0.2, 0.25) is 21.8 Å². The van der Waals surface area contributed by atoms with Crippen molar-refractivity contribution in [3.63, 3.8) is 0 Å². The number of rotatable bonds is 4. The summed E-state index contributed by atoms with van der Waals surface area (Å²) in [6, 6.07) is 4.09. The van der Waals surface area contributed by atoms with Crippen LogP contribution >= 0.6 is 0 Å². The van der Waals surface area contributed by atoms with Crippen LogP contribution in [0, 0.1) is 5.92 Å². The fourth-order valence-electron chi connectivity index (χ4n) is 4.08. The average molecular weight is 462 g/mol. The standard InChI is InChI=1S/C20H26F3N3O4S/c1-14(27)25-10-8-16(9-11-25)24-19(28)15-6-12-26(13-7-15)31(29,30)18-5-3-2-4-17(18)20(21,22)23/h2-5,15-16H,6-13H2,1H3,(H,24,28). The predicted molar refractivity (Wildman–Crippen MR) is 106 cm³/mol. The van der Waals surface area contributed by atoms with Gasteiger partial charge in [0, 0.05) is 45.1 Å². The van der Waals surface area contributed by atoms with Crippen LogP contribution in [0.1, 0.15) is 38.2 Å². The van der Waals surface area contributed by atoms with Gasteiger partial charge in [0.1, 0.15) is 0 Å². The highest BCUT2D eigenvalue weighted by Crippen LogP contribution is 2.36. The first-order chi connectivity index (χ1) is 14.5. The molecular formula is C20H26F3N3O4S. The lowest BCUT2D eigenvalue weighted by Crippen LogP contribution is -2.49. The number of halogens is 3. The van der Waals surface area contributed by atoms with E-state index in [0.29, 0.717) is 25.9 Å². The third-order valence-electron chi connectivity index (χ3n) is 5.92. The van der Waals surface area contributed by atoms with Crippen LogP contribution in [0.25, 0.3) is 0 Å². The molecule has 1 N–H and O–H groups in total. The molecule has 0 radical (unpaired) electrons. The summed E-state index contributed by atoms with van der Waals surface area (Å²) in [5.74, 6) is -0.561. The minimum Gasteiger partial charge on any atom is -0.353 e. The molecule has 0 spiro atoms. The zero-order chi connectivity index (χ0) is 22.8. The molecule has 0 bridgehead atoms. The number of hydrogen-bond donors (Lipinski definition) is 1. The minimum atomic E-state index is -4.78. The first kappa shape index (κ1) is 23.5. The van der Waals surface area contributed by atoms with Crippen LogP contribution < -0.4 is 5.32 Å². The topological polar surface area (TPSA) is 86.8 Å². The van der Waals surface area contributed by atoms with E-state index in [9.17, 15) is 31.2 Å². The van der Waals surface area contributed by atoms with Gasteiger partial charge in [-0.15, -0.1) is 0 Å². The molecule has 2 fully saturated rings. The lowest BCUT2D eigenvalue weighted by Gasteiger charge is -2.34. The van der Waals surface area contributed by atoms with Crippen LogP contribution in [-0.4, -0.2) is 61.7 Å². The van der Waals surface area contributed by atoms with E-state index < -0.39 is 32.6 Å². The molecule has 2 amide bonds. The van der Waals surface area contributed by atoms with E-state index in [1.54, 1.807) is 4.90 Å². The Morgan fingerprint density at radius 3 is 2.13 bits per heavy atom. The maximum Gasteiger partial charge on any atom is 0.417 e. The van der Waals surface area contributed by atoms with Gasteiger partial charge in [0.15, 0.2) is 0 Å². The normalized spacial score (nSPS) is 19.9. The van der Waals surface area contributed by atoms with Crippen molar-refractivity contribution in [2.75, 3.05) is 26.2 Å². The SMILES string of the molecule is CC(=O)N1CCC(NC(=O)C2CCN(S(=O)(=O)c3ccccc3C(F)(F)F)CC2)CC1. The summed E-state index contributed by atoms with van der Waals surface area (Å²) in [6.07, 6.45) is -2.98. The van der Waals surface area contributed by atoms with E-state index in [1.807, 2.05) is 0 Å². The molecule has 3 rings (SSSR count). The lowest BCUT2D eigenvalue weighted by atomic mass is 9.96. The number of likely N-dealkylation sites (tertiary alicyclic amines) is 1. The number of alkyl halides is 3. The molecule has 0 atom stereocenters. The second kappa shape index (κ2) is 9.15. The summed E-state index contributed by atoms with van der Waals surface area (Å²) in [5.41, 5.74) is -1.19. The zero-order valence-electron chi connectivity index (χ0n) is 17.2. The Kier molecular flexibility index (Phi) is 6.95. The summed E-state index contributed by atoms with van der Waals surface area (Å²) in [7, 11) is -4.32. The monoisotopic (exact) mass is 461 g/mol. The second-order valence-corrected chi connectivity index (χ2v) is 9.87. The number of hydrogen-bond acceptors (Lipinski definition) is 4. The van der Waals surface area contributed by atoms with Gasteiger partial charge in [-0.1, -0.05) is 12.1 Å². The van der Waals surface area contributed by atoms with Crippen molar-refractivity contribution in [2.24, 2.45) is 5.92 Å². The molecule has 2 saturated heterocycles. The van der Waals surface area contributed by atoms with E-state index in [2.05, 4.69) is 5.32 Å². The van der Waals surface area contributed by atoms with Crippen molar-refractivity contribution in [3.05, 3.63) is 29.8 Å². The fourth-order valence-corrected chi connectivity index (χ4v) is 5.76. The molecule has 2 aliphatic heterocycles. The van der Waals surface area contributed by atoms with Gasteiger partial charge in [-0.05, 0) is 37.8 Å². The van der Waals surface area contributed by atoms with Crippen LogP contribution in [0.15, 0.2) is 29.2 Å². The molecular weight excluding hydrogens is 435 g/mol. The summed E-state index contributed by atoms with van der Waals surface area (Å²) < 4.78 is 66.4. The molecule has 11 heteroatoms. The van der Waals surface area contributed by atoms with Crippen molar-refractivity contribution in [1.29, 1.82) is 0 Å². The maximum absolute atomic E-state index is 13.2. The van der Waals surface area contributed by atoms with Gasteiger partial charge in [0.25, 0.3) is 0 Å². The zero-order valence-corrected chi connectivity index (χ0v) is 18.0. The van der Waals surface area contributed by atoms with E-state index in [0.717, 1.165) is 22.5 Å². The van der Waals surface area contributed by atoms with Crippen LogP contribution in [0.2, 0.25) is 0 Å². The third-order valence-corrected chi connectivity index (χ3v) is 7.88. The van der Waals surface area contributed by atoms with Gasteiger partial charge < -0.3 is 10.2 Å². The summed E-state index contributed by atoms with van der Waals surface area (Å²) in [6.45, 7) is 2.63. The maximum atomic E-state index is 13.2. The van der Waals surface area contributed by atoms with Crippen LogP contribution in [0.4, 0.5) is 13.2 Å². The Bertz CT molecular complexity index is 920. The summed E-state index contributed by atoms with van der Waals surface area (Å²) in [4.78, 5) is 24.9. The number of carbonyl (C=O) groups is 2. The van der Waals surface area contributed by atoms with Gasteiger partial charge in [-0.3, -0.25) is 9.59 Å². The molecule has 0 saturated carbocycles. The quantitative estimate of drug-likeness (QED) is 0.745. The molecule has 172 valence electrons. The Balaban J connectivity index is 1.58. The highest BCUT2D eigenvalue weighted by molar-refractivity contribution is 7.89. The predicted octanol–water partition coefficient (Wildman–Crippen LogP) is 2.23. The minimum absolute atomic E-state index is 0.00505. The van der Waals surface area contributed by atoms with Gasteiger partial charge in [0.05, 0.1) is 10.5 Å². The smallest absolute Gasteiger partial charge is 0.353 e. The first-order valence-corrected chi connectivity index (χ1v) is 11.7. The van der Waals surface area contributed by atoms with Crippen molar-refractivity contribution in [2.45, 2.75) is 49.7 Å². The third kappa shape index (κ3) is 5.38. The number of sulfonamides is 1. The molecule has 31 heavy (non-hydrogen) atoms. The first-order valence-electron chi connectivity index (χ1n) is 10.2. The van der Waals surface area contributed by atoms with E-state index in [1.165, 1.54) is 13.0 Å². The Labute approximate surface area is 179 Å². The molecule has 1 aromatic carbocycles. The molecule has 2 heterocycles.